The summed E-state index contributed by atoms with van der Waals surface area (Å²) in [6.45, 7) is 4.09. The first-order chi connectivity index (χ1) is 4.20. The highest BCUT2D eigenvalue weighted by molar-refractivity contribution is 9.10. The van der Waals surface area contributed by atoms with E-state index < -0.39 is 0 Å². The molecule has 0 bridgehead atoms. The van der Waals surface area contributed by atoms with Gasteiger partial charge in [0.05, 0.1) is 0 Å². The Bertz CT molecular complexity index is 216. The zero-order chi connectivity index (χ0) is 6.85. The van der Waals surface area contributed by atoms with Gasteiger partial charge in [0, 0.05) is 4.47 Å². The normalized spacial score (nSPS) is 9.67. The van der Waals surface area contributed by atoms with E-state index in [0.29, 0.717) is 0 Å². The SMILES string of the molecule is Cc1c[c]c(C)c(Br)c1. The van der Waals surface area contributed by atoms with Crippen LogP contribution in [0.1, 0.15) is 11.1 Å². The Morgan fingerprint density at radius 3 is 2.56 bits per heavy atom. The molecule has 47 valence electrons. The summed E-state index contributed by atoms with van der Waals surface area (Å²) in [6, 6.07) is 7.20. The number of aryl methyl sites for hydroxylation is 2. The molecular weight excluding hydrogens is 176 g/mol. The van der Waals surface area contributed by atoms with Crippen molar-refractivity contribution in [2.24, 2.45) is 0 Å². The molecule has 0 aliphatic heterocycles. The third kappa shape index (κ3) is 1.55. The second-order valence-electron chi connectivity index (χ2n) is 2.15. The quantitative estimate of drug-likeness (QED) is 0.581. The Morgan fingerprint density at radius 1 is 1.44 bits per heavy atom. The van der Waals surface area contributed by atoms with Gasteiger partial charge >= 0.3 is 0 Å². The number of hydrogen-bond donors (Lipinski definition) is 0. The fourth-order valence-corrected chi connectivity index (χ4v) is 1.12. The molecule has 0 spiro atoms. The molecule has 0 fully saturated rings. The van der Waals surface area contributed by atoms with Crippen LogP contribution in [-0.4, -0.2) is 0 Å². The molecule has 0 N–H and O–H groups in total. The van der Waals surface area contributed by atoms with Gasteiger partial charge < -0.3 is 0 Å². The van der Waals surface area contributed by atoms with Gasteiger partial charge in [0.2, 0.25) is 0 Å². The maximum Gasteiger partial charge on any atom is 0.0213 e. The molecule has 0 aromatic heterocycles. The van der Waals surface area contributed by atoms with Gasteiger partial charge in [-0.15, -0.1) is 0 Å². The average molecular weight is 184 g/mol. The molecule has 0 nitrogen and oxygen atoms in total. The highest BCUT2D eigenvalue weighted by atomic mass is 79.9. The Kier molecular flexibility index (Phi) is 1.91. The molecule has 1 heteroatoms. The van der Waals surface area contributed by atoms with Crippen LogP contribution in [0.3, 0.4) is 0 Å². The minimum absolute atomic E-state index is 1.14. The molecular formula is C8H8Br. The smallest absolute Gasteiger partial charge is 0.0213 e. The molecule has 0 heterocycles. The van der Waals surface area contributed by atoms with Crippen molar-refractivity contribution in [3.63, 3.8) is 0 Å². The molecule has 1 aromatic rings. The summed E-state index contributed by atoms with van der Waals surface area (Å²) in [6.07, 6.45) is 0. The van der Waals surface area contributed by atoms with Gasteiger partial charge in [-0.1, -0.05) is 22.0 Å². The second kappa shape index (κ2) is 2.53. The van der Waals surface area contributed by atoms with Crippen LogP contribution in [-0.2, 0) is 0 Å². The summed E-state index contributed by atoms with van der Waals surface area (Å²) < 4.78 is 1.14. The minimum atomic E-state index is 1.14. The maximum atomic E-state index is 3.41. The third-order valence-electron chi connectivity index (χ3n) is 1.23. The van der Waals surface area contributed by atoms with Crippen LogP contribution in [0.15, 0.2) is 16.6 Å². The zero-order valence-corrected chi connectivity index (χ0v) is 7.12. The number of rotatable bonds is 0. The van der Waals surface area contributed by atoms with Crippen molar-refractivity contribution in [2.45, 2.75) is 13.8 Å². The van der Waals surface area contributed by atoms with E-state index >= 15 is 0 Å². The van der Waals surface area contributed by atoms with Crippen molar-refractivity contribution in [2.75, 3.05) is 0 Å². The van der Waals surface area contributed by atoms with E-state index in [1.165, 1.54) is 11.1 Å². The average Bonchev–Trinajstić information content (AvgIpc) is 1.80. The summed E-state index contributed by atoms with van der Waals surface area (Å²) >= 11 is 3.41. The number of benzene rings is 1. The second-order valence-corrected chi connectivity index (χ2v) is 3.00. The summed E-state index contributed by atoms with van der Waals surface area (Å²) in [7, 11) is 0. The van der Waals surface area contributed by atoms with Crippen molar-refractivity contribution >= 4 is 15.9 Å². The summed E-state index contributed by atoms with van der Waals surface area (Å²) in [5, 5.41) is 0. The monoisotopic (exact) mass is 183 g/mol. The van der Waals surface area contributed by atoms with E-state index in [1.54, 1.807) is 0 Å². The van der Waals surface area contributed by atoms with Crippen LogP contribution in [0.5, 0.6) is 0 Å². The Morgan fingerprint density at radius 2 is 2.11 bits per heavy atom. The van der Waals surface area contributed by atoms with E-state index in [2.05, 4.69) is 35.0 Å². The van der Waals surface area contributed by atoms with Crippen molar-refractivity contribution in [3.8, 4) is 0 Å². The fraction of sp³-hybridized carbons (Fsp3) is 0.250. The lowest BCUT2D eigenvalue weighted by Gasteiger charge is -1.95. The molecule has 0 saturated carbocycles. The van der Waals surface area contributed by atoms with Gasteiger partial charge in [-0.05, 0) is 37.1 Å². The van der Waals surface area contributed by atoms with Crippen LogP contribution < -0.4 is 0 Å². The summed E-state index contributed by atoms with van der Waals surface area (Å²) in [5.74, 6) is 0. The van der Waals surface area contributed by atoms with Gasteiger partial charge in [0.1, 0.15) is 0 Å². The van der Waals surface area contributed by atoms with E-state index in [0.717, 1.165) is 4.47 Å². The predicted octanol–water partition coefficient (Wildman–Crippen LogP) is 2.87. The van der Waals surface area contributed by atoms with Crippen LogP contribution in [0.25, 0.3) is 0 Å². The molecule has 0 saturated heterocycles. The standard InChI is InChI=1S/C8H8Br/c1-6-3-4-7(2)8(9)5-6/h3,5H,1-2H3. The third-order valence-corrected chi connectivity index (χ3v) is 2.05. The van der Waals surface area contributed by atoms with Crippen molar-refractivity contribution in [3.05, 3.63) is 33.8 Å². The van der Waals surface area contributed by atoms with Crippen molar-refractivity contribution in [1.29, 1.82) is 0 Å². The topological polar surface area (TPSA) is 0 Å². The van der Waals surface area contributed by atoms with Gasteiger partial charge in [-0.25, -0.2) is 0 Å². The first-order valence-electron chi connectivity index (χ1n) is 2.84. The van der Waals surface area contributed by atoms with E-state index in [-0.39, 0.29) is 0 Å². The van der Waals surface area contributed by atoms with Crippen LogP contribution >= 0.6 is 15.9 Å². The number of halogens is 1. The number of hydrogen-bond acceptors (Lipinski definition) is 0. The Labute approximate surface area is 64.0 Å². The molecule has 0 atom stereocenters. The largest absolute Gasteiger partial charge is 0.0511 e. The lowest BCUT2D eigenvalue weighted by molar-refractivity contribution is 1.36. The van der Waals surface area contributed by atoms with Gasteiger partial charge in [-0.2, -0.15) is 0 Å². The van der Waals surface area contributed by atoms with Gasteiger partial charge in [0.15, 0.2) is 0 Å². The molecule has 0 aliphatic rings. The lowest BCUT2D eigenvalue weighted by Crippen LogP contribution is -1.76. The molecule has 1 aromatic carbocycles. The first-order valence-corrected chi connectivity index (χ1v) is 3.64. The highest BCUT2D eigenvalue weighted by Crippen LogP contribution is 2.15. The van der Waals surface area contributed by atoms with Gasteiger partial charge in [-0.3, -0.25) is 0 Å². The lowest BCUT2D eigenvalue weighted by atomic mass is 10.2. The van der Waals surface area contributed by atoms with Crippen molar-refractivity contribution < 1.29 is 0 Å². The maximum absolute atomic E-state index is 3.41. The van der Waals surface area contributed by atoms with E-state index in [1.807, 2.05) is 13.0 Å². The minimum Gasteiger partial charge on any atom is -0.0511 e. The Balaban J connectivity index is 3.17. The van der Waals surface area contributed by atoms with Crippen LogP contribution in [0.4, 0.5) is 0 Å². The molecule has 0 amide bonds. The van der Waals surface area contributed by atoms with E-state index in [9.17, 15) is 0 Å². The van der Waals surface area contributed by atoms with Crippen molar-refractivity contribution in [1.82, 2.24) is 0 Å². The predicted molar refractivity (Wildman–Crippen MR) is 42.5 cm³/mol. The van der Waals surface area contributed by atoms with Crippen LogP contribution in [0.2, 0.25) is 0 Å². The van der Waals surface area contributed by atoms with E-state index in [4.69, 9.17) is 0 Å². The van der Waals surface area contributed by atoms with Gasteiger partial charge in [0.25, 0.3) is 0 Å². The molecule has 1 radical (unpaired) electrons. The first kappa shape index (κ1) is 6.81. The molecule has 9 heavy (non-hydrogen) atoms. The molecule has 1 rings (SSSR count). The Hall–Kier alpha value is -0.300. The highest BCUT2D eigenvalue weighted by Gasteiger charge is 1.91. The molecule has 0 unspecified atom stereocenters. The van der Waals surface area contributed by atoms with Crippen LogP contribution in [0, 0.1) is 19.9 Å². The fourth-order valence-electron chi connectivity index (χ4n) is 0.641. The molecule has 0 aliphatic carbocycles. The summed E-state index contributed by atoms with van der Waals surface area (Å²) in [5.41, 5.74) is 2.41. The summed E-state index contributed by atoms with van der Waals surface area (Å²) in [4.78, 5) is 0. The zero-order valence-electron chi connectivity index (χ0n) is 5.53.